The second kappa shape index (κ2) is 11.5. The quantitative estimate of drug-likeness (QED) is 0.190. The normalized spacial score (nSPS) is 12.9. The highest BCUT2D eigenvalue weighted by Gasteiger charge is 2.35. The van der Waals surface area contributed by atoms with Gasteiger partial charge < -0.3 is 0 Å². The fourth-order valence-corrected chi connectivity index (χ4v) is 7.57. The molecule has 0 N–H and O–H groups in total. The topological polar surface area (TPSA) is 25.8 Å². The molecule has 0 atom stereocenters. The molecule has 0 saturated heterocycles. The number of aromatic nitrogens is 2. The molecule has 0 aliphatic heterocycles. The van der Waals surface area contributed by atoms with E-state index in [0.717, 1.165) is 39.3 Å². The zero-order chi connectivity index (χ0) is 33.0. The Morgan fingerprint density at radius 3 is 1.55 bits per heavy atom. The van der Waals surface area contributed by atoms with E-state index in [1.807, 2.05) is 12.1 Å². The molecule has 2 nitrogen and oxygen atoms in total. The molecule has 2 heteroatoms. The van der Waals surface area contributed by atoms with Crippen LogP contribution in [-0.4, -0.2) is 9.97 Å². The largest absolute Gasteiger partial charge is 0.228 e. The van der Waals surface area contributed by atoms with Gasteiger partial charge in [0.1, 0.15) is 0 Å². The Bertz CT molecular complexity index is 2490. The molecule has 7 aromatic carbocycles. The van der Waals surface area contributed by atoms with Gasteiger partial charge >= 0.3 is 0 Å². The van der Waals surface area contributed by atoms with Crippen molar-refractivity contribution in [2.45, 2.75) is 19.3 Å². The van der Waals surface area contributed by atoms with E-state index in [2.05, 4.69) is 172 Å². The van der Waals surface area contributed by atoms with Gasteiger partial charge in [0.25, 0.3) is 0 Å². The molecule has 1 aliphatic carbocycles. The molecule has 49 heavy (non-hydrogen) atoms. The van der Waals surface area contributed by atoms with Crippen molar-refractivity contribution in [3.05, 3.63) is 181 Å². The fraction of sp³-hybridized carbons (Fsp3) is 0.0638. The molecular formula is C47H34N2. The van der Waals surface area contributed by atoms with Crippen LogP contribution >= 0.6 is 0 Å². The minimum Gasteiger partial charge on any atom is -0.228 e. The predicted molar refractivity (Wildman–Crippen MR) is 204 cm³/mol. The minimum absolute atomic E-state index is 0.0168. The summed E-state index contributed by atoms with van der Waals surface area (Å²) in [5.74, 6) is 0.718. The van der Waals surface area contributed by atoms with Crippen LogP contribution in [0.15, 0.2) is 170 Å². The third-order valence-corrected chi connectivity index (χ3v) is 10.1. The van der Waals surface area contributed by atoms with Gasteiger partial charge in [-0.05, 0) is 73.5 Å². The molecule has 0 fully saturated rings. The van der Waals surface area contributed by atoms with Gasteiger partial charge in [0.2, 0.25) is 0 Å². The molecule has 0 unspecified atom stereocenters. The zero-order valence-electron chi connectivity index (χ0n) is 27.6. The third-order valence-electron chi connectivity index (χ3n) is 10.1. The van der Waals surface area contributed by atoms with E-state index in [0.29, 0.717) is 0 Å². The van der Waals surface area contributed by atoms with E-state index in [9.17, 15) is 0 Å². The molecule has 0 saturated carbocycles. The van der Waals surface area contributed by atoms with Gasteiger partial charge in [-0.1, -0.05) is 166 Å². The molecule has 0 bridgehead atoms. The Labute approximate surface area is 287 Å². The first-order valence-corrected chi connectivity index (χ1v) is 16.9. The Balaban J connectivity index is 1.18. The molecule has 1 aromatic heterocycles. The molecule has 0 spiro atoms. The molecule has 8 aromatic rings. The van der Waals surface area contributed by atoms with Crippen LogP contribution in [0.5, 0.6) is 0 Å². The van der Waals surface area contributed by atoms with Crippen molar-refractivity contribution < 1.29 is 0 Å². The lowest BCUT2D eigenvalue weighted by atomic mass is 9.82. The van der Waals surface area contributed by atoms with E-state index >= 15 is 0 Å². The molecular weight excluding hydrogens is 593 g/mol. The fourth-order valence-electron chi connectivity index (χ4n) is 7.57. The van der Waals surface area contributed by atoms with Gasteiger partial charge in [0.15, 0.2) is 5.82 Å². The molecule has 1 aliphatic rings. The van der Waals surface area contributed by atoms with Crippen molar-refractivity contribution in [1.82, 2.24) is 9.97 Å². The van der Waals surface area contributed by atoms with Crippen molar-refractivity contribution in [1.29, 1.82) is 0 Å². The van der Waals surface area contributed by atoms with Gasteiger partial charge in [-0.25, -0.2) is 9.97 Å². The van der Waals surface area contributed by atoms with Crippen LogP contribution in [0.25, 0.3) is 78.1 Å². The summed E-state index contributed by atoms with van der Waals surface area (Å²) in [5.41, 5.74) is 15.2. The highest BCUT2D eigenvalue weighted by molar-refractivity contribution is 6.05. The van der Waals surface area contributed by atoms with Crippen LogP contribution in [0.2, 0.25) is 0 Å². The van der Waals surface area contributed by atoms with Crippen molar-refractivity contribution in [2.75, 3.05) is 0 Å². The van der Waals surface area contributed by atoms with Crippen LogP contribution in [0, 0.1) is 0 Å². The first-order chi connectivity index (χ1) is 24.0. The third kappa shape index (κ3) is 4.96. The average molecular weight is 627 g/mol. The van der Waals surface area contributed by atoms with Gasteiger partial charge in [-0.15, -0.1) is 0 Å². The van der Waals surface area contributed by atoms with E-state index in [-0.39, 0.29) is 5.41 Å². The van der Waals surface area contributed by atoms with E-state index in [1.54, 1.807) is 0 Å². The van der Waals surface area contributed by atoms with Crippen LogP contribution in [0.4, 0.5) is 0 Å². The number of benzene rings is 7. The lowest BCUT2D eigenvalue weighted by Crippen LogP contribution is -2.14. The minimum atomic E-state index is -0.0168. The standard InChI is InChI=1S/C47H34N2/c1-47(2)42-20-12-11-19-39(42)41-29-35(25-28-43(41)47)36-26-27-40(38-18-10-9-17-37(36)38)46-48-44(33-15-7-4-8-16-33)30-45(49-46)34-23-21-32(22-24-34)31-13-5-3-6-14-31/h3-30H,1-2H3. The lowest BCUT2D eigenvalue weighted by Gasteiger charge is -2.21. The molecule has 9 rings (SSSR count). The molecule has 1 heterocycles. The van der Waals surface area contributed by atoms with Crippen LogP contribution in [0.1, 0.15) is 25.0 Å². The highest BCUT2D eigenvalue weighted by Crippen LogP contribution is 2.50. The first kappa shape index (κ1) is 29.1. The van der Waals surface area contributed by atoms with Gasteiger partial charge in [-0.3, -0.25) is 0 Å². The van der Waals surface area contributed by atoms with E-state index in [4.69, 9.17) is 9.97 Å². The number of rotatable bonds is 5. The van der Waals surface area contributed by atoms with Crippen molar-refractivity contribution in [3.8, 4) is 67.3 Å². The van der Waals surface area contributed by atoms with Gasteiger partial charge in [0.05, 0.1) is 11.4 Å². The number of fused-ring (bicyclic) bond motifs is 4. The summed E-state index contributed by atoms with van der Waals surface area (Å²) in [6, 6.07) is 60.6. The molecule has 232 valence electrons. The maximum Gasteiger partial charge on any atom is 0.161 e. The zero-order valence-corrected chi connectivity index (χ0v) is 27.6. The second-order valence-corrected chi connectivity index (χ2v) is 13.4. The average Bonchev–Trinajstić information content (AvgIpc) is 3.40. The predicted octanol–water partition coefficient (Wildman–Crippen LogP) is 12.3. The highest BCUT2D eigenvalue weighted by atomic mass is 14.9. The van der Waals surface area contributed by atoms with E-state index in [1.165, 1.54) is 49.9 Å². The number of hydrogen-bond acceptors (Lipinski definition) is 2. The summed E-state index contributed by atoms with van der Waals surface area (Å²) in [5, 5.41) is 2.32. The maximum absolute atomic E-state index is 5.23. The Hall–Kier alpha value is -6.12. The van der Waals surface area contributed by atoms with Crippen LogP contribution < -0.4 is 0 Å². The summed E-state index contributed by atoms with van der Waals surface area (Å²) >= 11 is 0. The Kier molecular flexibility index (Phi) is 6.84. The first-order valence-electron chi connectivity index (χ1n) is 16.9. The Morgan fingerprint density at radius 2 is 0.837 bits per heavy atom. The Morgan fingerprint density at radius 1 is 0.347 bits per heavy atom. The summed E-state index contributed by atoms with van der Waals surface area (Å²) in [7, 11) is 0. The van der Waals surface area contributed by atoms with Gasteiger partial charge in [0, 0.05) is 22.1 Å². The second-order valence-electron chi connectivity index (χ2n) is 13.4. The number of hydrogen-bond donors (Lipinski definition) is 0. The summed E-state index contributed by atoms with van der Waals surface area (Å²) in [4.78, 5) is 10.4. The monoisotopic (exact) mass is 626 g/mol. The van der Waals surface area contributed by atoms with Crippen LogP contribution in [-0.2, 0) is 5.41 Å². The summed E-state index contributed by atoms with van der Waals surface area (Å²) in [6.45, 7) is 4.66. The van der Waals surface area contributed by atoms with Crippen molar-refractivity contribution >= 4 is 10.8 Å². The van der Waals surface area contributed by atoms with E-state index < -0.39 is 0 Å². The smallest absolute Gasteiger partial charge is 0.161 e. The maximum atomic E-state index is 5.23. The SMILES string of the molecule is CC1(C)c2ccccc2-c2cc(-c3ccc(-c4nc(-c5ccccc5)cc(-c5ccc(-c6ccccc6)cc5)n4)c4ccccc34)ccc21. The van der Waals surface area contributed by atoms with Crippen molar-refractivity contribution in [3.63, 3.8) is 0 Å². The summed E-state index contributed by atoms with van der Waals surface area (Å²) < 4.78 is 0. The number of nitrogens with zero attached hydrogens (tertiary/aromatic N) is 2. The molecule has 0 radical (unpaired) electrons. The lowest BCUT2D eigenvalue weighted by molar-refractivity contribution is 0.660. The summed E-state index contributed by atoms with van der Waals surface area (Å²) in [6.07, 6.45) is 0. The van der Waals surface area contributed by atoms with Crippen LogP contribution in [0.3, 0.4) is 0 Å². The van der Waals surface area contributed by atoms with Gasteiger partial charge in [-0.2, -0.15) is 0 Å². The van der Waals surface area contributed by atoms with Crippen molar-refractivity contribution in [2.24, 2.45) is 0 Å². The molecule has 0 amide bonds.